The Kier molecular flexibility index (Phi) is 8.12. The average molecular weight is 293 g/mol. The molecule has 0 bridgehead atoms. The Hall–Kier alpha value is -1.88. The summed E-state index contributed by atoms with van der Waals surface area (Å²) in [6.45, 7) is 2.32. The van der Waals surface area contributed by atoms with Crippen molar-refractivity contribution in [3.05, 3.63) is 35.9 Å². The van der Waals surface area contributed by atoms with Crippen molar-refractivity contribution < 1.29 is 19.1 Å². The fraction of sp³-hybridized carbons (Fsp3) is 0.500. The molecule has 1 N–H and O–H groups in total. The molecule has 116 valence electrons. The minimum Gasteiger partial charge on any atom is -0.467 e. The maximum absolute atomic E-state index is 11.8. The van der Waals surface area contributed by atoms with Crippen LogP contribution in [-0.2, 0) is 25.7 Å². The predicted octanol–water partition coefficient (Wildman–Crippen LogP) is 2.05. The highest BCUT2D eigenvalue weighted by atomic mass is 16.5. The van der Waals surface area contributed by atoms with Crippen LogP contribution >= 0.6 is 0 Å². The van der Waals surface area contributed by atoms with Gasteiger partial charge in [0.1, 0.15) is 12.6 Å². The highest BCUT2D eigenvalue weighted by Gasteiger charge is 2.20. The number of carbonyl (C=O) groups excluding carboxylic acids is 2. The third kappa shape index (κ3) is 6.90. The van der Waals surface area contributed by atoms with Gasteiger partial charge < -0.3 is 14.8 Å². The van der Waals surface area contributed by atoms with Crippen molar-refractivity contribution in [3.8, 4) is 0 Å². The van der Waals surface area contributed by atoms with Gasteiger partial charge in [0.2, 0.25) is 5.91 Å². The van der Waals surface area contributed by atoms with Crippen LogP contribution in [0.1, 0.15) is 31.7 Å². The molecule has 0 spiro atoms. The standard InChI is InChI=1S/C16H23NO4/c1-3-4-10-14(16(19)20-2)17-15(18)12-21-11-13-8-6-5-7-9-13/h5-9,14H,3-4,10-12H2,1-2H3,(H,17,18)/t14-/m0/s1. The Morgan fingerprint density at radius 2 is 1.95 bits per heavy atom. The van der Waals surface area contributed by atoms with Crippen molar-refractivity contribution in [2.24, 2.45) is 0 Å². The van der Waals surface area contributed by atoms with Gasteiger partial charge in [-0.1, -0.05) is 50.1 Å². The number of hydrogen-bond donors (Lipinski definition) is 1. The van der Waals surface area contributed by atoms with Crippen LogP contribution in [-0.4, -0.2) is 31.6 Å². The molecule has 0 unspecified atom stereocenters. The van der Waals surface area contributed by atoms with Crippen LogP contribution in [0.2, 0.25) is 0 Å². The Balaban J connectivity index is 2.34. The molecule has 1 rings (SSSR count). The van der Waals surface area contributed by atoms with Crippen molar-refractivity contribution in [1.29, 1.82) is 0 Å². The van der Waals surface area contributed by atoms with E-state index in [-0.39, 0.29) is 12.5 Å². The van der Waals surface area contributed by atoms with Crippen LogP contribution in [0.25, 0.3) is 0 Å². The molecule has 1 aromatic rings. The minimum atomic E-state index is -0.595. The van der Waals surface area contributed by atoms with E-state index in [9.17, 15) is 9.59 Å². The van der Waals surface area contributed by atoms with Crippen LogP contribution in [0.4, 0.5) is 0 Å². The zero-order chi connectivity index (χ0) is 15.5. The Morgan fingerprint density at radius 1 is 1.24 bits per heavy atom. The van der Waals surface area contributed by atoms with E-state index >= 15 is 0 Å². The molecule has 1 atom stereocenters. The molecule has 0 fully saturated rings. The molecule has 5 nitrogen and oxygen atoms in total. The lowest BCUT2D eigenvalue weighted by Crippen LogP contribution is -2.43. The Morgan fingerprint density at radius 3 is 2.57 bits per heavy atom. The van der Waals surface area contributed by atoms with E-state index in [0.29, 0.717) is 13.0 Å². The van der Waals surface area contributed by atoms with Crippen LogP contribution in [0, 0.1) is 0 Å². The van der Waals surface area contributed by atoms with Gasteiger partial charge in [0, 0.05) is 0 Å². The third-order valence-corrected chi connectivity index (χ3v) is 3.01. The number of carbonyl (C=O) groups is 2. The summed E-state index contributed by atoms with van der Waals surface area (Å²) in [7, 11) is 1.32. The molecule has 0 aromatic heterocycles. The van der Waals surface area contributed by atoms with Gasteiger partial charge in [-0.2, -0.15) is 0 Å². The molecule has 1 amide bonds. The molecule has 0 saturated heterocycles. The van der Waals surface area contributed by atoms with Crippen molar-refractivity contribution in [1.82, 2.24) is 5.32 Å². The fourth-order valence-electron chi connectivity index (χ4n) is 1.87. The van der Waals surface area contributed by atoms with Gasteiger partial charge in [-0.05, 0) is 12.0 Å². The molecule has 0 aliphatic rings. The van der Waals surface area contributed by atoms with Crippen LogP contribution in [0.3, 0.4) is 0 Å². The Bertz CT molecular complexity index is 433. The molecule has 5 heteroatoms. The maximum Gasteiger partial charge on any atom is 0.328 e. The summed E-state index contributed by atoms with van der Waals surface area (Å²) in [6.07, 6.45) is 2.38. The smallest absolute Gasteiger partial charge is 0.328 e. The van der Waals surface area contributed by atoms with Crippen LogP contribution in [0.5, 0.6) is 0 Å². The van der Waals surface area contributed by atoms with E-state index in [0.717, 1.165) is 18.4 Å². The van der Waals surface area contributed by atoms with Crippen molar-refractivity contribution in [3.63, 3.8) is 0 Å². The fourth-order valence-corrected chi connectivity index (χ4v) is 1.87. The number of esters is 1. The lowest BCUT2D eigenvalue weighted by Gasteiger charge is -2.16. The highest BCUT2D eigenvalue weighted by Crippen LogP contribution is 2.03. The number of methoxy groups -OCH3 is 1. The number of rotatable bonds is 9. The molecule has 21 heavy (non-hydrogen) atoms. The van der Waals surface area contributed by atoms with Gasteiger partial charge in [-0.15, -0.1) is 0 Å². The number of hydrogen-bond acceptors (Lipinski definition) is 4. The van der Waals surface area contributed by atoms with E-state index < -0.39 is 12.0 Å². The van der Waals surface area contributed by atoms with Gasteiger partial charge >= 0.3 is 5.97 Å². The third-order valence-electron chi connectivity index (χ3n) is 3.01. The van der Waals surface area contributed by atoms with Gasteiger partial charge in [0.25, 0.3) is 0 Å². The number of unbranched alkanes of at least 4 members (excludes halogenated alkanes) is 1. The van der Waals surface area contributed by atoms with Gasteiger partial charge in [-0.3, -0.25) is 4.79 Å². The van der Waals surface area contributed by atoms with E-state index in [1.807, 2.05) is 37.3 Å². The Labute approximate surface area is 125 Å². The second kappa shape index (κ2) is 9.94. The summed E-state index contributed by atoms with van der Waals surface area (Å²) in [4.78, 5) is 23.4. The largest absolute Gasteiger partial charge is 0.467 e. The number of benzene rings is 1. The topological polar surface area (TPSA) is 64.6 Å². The van der Waals surface area contributed by atoms with E-state index in [1.165, 1.54) is 7.11 Å². The lowest BCUT2D eigenvalue weighted by molar-refractivity contribution is -0.146. The summed E-state index contributed by atoms with van der Waals surface area (Å²) in [5.74, 6) is -0.725. The zero-order valence-corrected chi connectivity index (χ0v) is 12.6. The molecule has 0 saturated carbocycles. The van der Waals surface area contributed by atoms with Gasteiger partial charge in [-0.25, -0.2) is 4.79 Å². The van der Waals surface area contributed by atoms with Crippen molar-refractivity contribution in [2.75, 3.05) is 13.7 Å². The zero-order valence-electron chi connectivity index (χ0n) is 12.6. The average Bonchev–Trinajstić information content (AvgIpc) is 2.51. The van der Waals surface area contributed by atoms with E-state index in [1.54, 1.807) is 0 Å². The van der Waals surface area contributed by atoms with Crippen molar-refractivity contribution in [2.45, 2.75) is 38.8 Å². The molecular formula is C16H23NO4. The first kappa shape index (κ1) is 17.2. The molecule has 0 heterocycles. The summed E-state index contributed by atoms with van der Waals surface area (Å²) in [5.41, 5.74) is 1.00. The first-order valence-electron chi connectivity index (χ1n) is 7.16. The first-order valence-corrected chi connectivity index (χ1v) is 7.16. The molecule has 0 radical (unpaired) electrons. The molecule has 1 aromatic carbocycles. The SMILES string of the molecule is CCCC[C@H](NC(=O)COCc1ccccc1)C(=O)OC. The van der Waals surface area contributed by atoms with Crippen LogP contribution < -0.4 is 5.32 Å². The van der Waals surface area contributed by atoms with Crippen LogP contribution in [0.15, 0.2) is 30.3 Å². The quantitative estimate of drug-likeness (QED) is 0.708. The predicted molar refractivity (Wildman–Crippen MR) is 79.6 cm³/mol. The highest BCUT2D eigenvalue weighted by molar-refractivity contribution is 5.84. The minimum absolute atomic E-state index is 0.0749. The van der Waals surface area contributed by atoms with Gasteiger partial charge in [0.05, 0.1) is 13.7 Å². The van der Waals surface area contributed by atoms with Gasteiger partial charge in [0.15, 0.2) is 0 Å². The summed E-state index contributed by atoms with van der Waals surface area (Å²) >= 11 is 0. The second-order valence-electron chi connectivity index (χ2n) is 4.76. The molecule has 0 aliphatic heterocycles. The lowest BCUT2D eigenvalue weighted by atomic mass is 10.1. The first-order chi connectivity index (χ1) is 10.2. The van der Waals surface area contributed by atoms with E-state index in [4.69, 9.17) is 4.74 Å². The summed E-state index contributed by atoms with van der Waals surface area (Å²) in [6, 6.07) is 9.01. The summed E-state index contributed by atoms with van der Waals surface area (Å²) < 4.78 is 10.0. The molecule has 0 aliphatic carbocycles. The second-order valence-corrected chi connectivity index (χ2v) is 4.76. The number of ether oxygens (including phenoxy) is 2. The molecular weight excluding hydrogens is 270 g/mol. The number of amides is 1. The summed E-state index contributed by atoms with van der Waals surface area (Å²) in [5, 5.41) is 2.65. The van der Waals surface area contributed by atoms with E-state index in [2.05, 4.69) is 10.1 Å². The van der Waals surface area contributed by atoms with Crippen molar-refractivity contribution >= 4 is 11.9 Å². The normalized spacial score (nSPS) is 11.7. The maximum atomic E-state index is 11.8. The number of nitrogens with one attached hydrogen (secondary N) is 1. The monoisotopic (exact) mass is 293 g/mol.